The first kappa shape index (κ1) is 7.43. The van der Waals surface area contributed by atoms with E-state index in [1.165, 1.54) is 0 Å². The van der Waals surface area contributed by atoms with Crippen molar-refractivity contribution >= 4 is 0 Å². The number of allylic oxidation sites excluding steroid dienone is 1. The molecule has 1 saturated carbocycles. The maximum Gasteiger partial charge on any atom is 0.347 e. The van der Waals surface area contributed by atoms with E-state index >= 15 is 0 Å². The van der Waals surface area contributed by atoms with Crippen LogP contribution < -0.4 is 0 Å². The zero-order chi connectivity index (χ0) is 8.15. The van der Waals surface area contributed by atoms with Gasteiger partial charge in [-0.2, -0.15) is 26.3 Å². The number of hydrogen-bond donors (Lipinski definition) is 0. The van der Waals surface area contributed by atoms with Gasteiger partial charge in [0.1, 0.15) is 5.57 Å². The van der Waals surface area contributed by atoms with Gasteiger partial charge in [0.2, 0.25) is 0 Å². The van der Waals surface area contributed by atoms with Crippen LogP contribution in [0.5, 0.6) is 0 Å². The third-order valence-corrected chi connectivity index (χ3v) is 1.15. The molecule has 6 heteroatoms. The summed E-state index contributed by atoms with van der Waals surface area (Å²) in [6.45, 7) is 0. The van der Waals surface area contributed by atoms with Crippen molar-refractivity contribution in [3.8, 4) is 0 Å². The van der Waals surface area contributed by atoms with E-state index in [1.807, 2.05) is 0 Å². The molecule has 0 unspecified atom stereocenters. The zero-order valence-electron chi connectivity index (χ0n) is 4.27. The van der Waals surface area contributed by atoms with Crippen LogP contribution >= 0.6 is 0 Å². The van der Waals surface area contributed by atoms with Gasteiger partial charge in [0.05, 0.1) is 0 Å². The zero-order valence-corrected chi connectivity index (χ0v) is 4.27. The molecule has 0 atom stereocenters. The fourth-order valence-electron chi connectivity index (χ4n) is 0.529. The lowest BCUT2D eigenvalue weighted by Gasteiger charge is -1.86. The fourth-order valence-corrected chi connectivity index (χ4v) is 0.529. The fraction of sp³-hybridized carbons (Fsp3) is 0.500. The van der Waals surface area contributed by atoms with Crippen LogP contribution in [0, 0.1) is 0 Å². The van der Waals surface area contributed by atoms with Gasteiger partial charge in [-0.05, 0) is 0 Å². The summed E-state index contributed by atoms with van der Waals surface area (Å²) in [6, 6.07) is 0. The third kappa shape index (κ3) is 0.587. The molecular formula is C4F6. The minimum Gasteiger partial charge on any atom is -0.194 e. The highest BCUT2D eigenvalue weighted by atomic mass is 19.3. The summed E-state index contributed by atoms with van der Waals surface area (Å²) in [5.41, 5.74) is -2.35. The Morgan fingerprint density at radius 2 is 1.20 bits per heavy atom. The van der Waals surface area contributed by atoms with Crippen LogP contribution in [0.15, 0.2) is 11.7 Å². The van der Waals surface area contributed by atoms with E-state index < -0.39 is 23.5 Å². The Bertz CT molecular complexity index is 182. The molecule has 0 saturated heterocycles. The second kappa shape index (κ2) is 1.49. The summed E-state index contributed by atoms with van der Waals surface area (Å²) in [4.78, 5) is 0. The Morgan fingerprint density at radius 3 is 1.20 bits per heavy atom. The third-order valence-electron chi connectivity index (χ3n) is 1.15. The van der Waals surface area contributed by atoms with E-state index in [2.05, 4.69) is 0 Å². The Kier molecular flexibility index (Phi) is 1.10. The molecule has 1 aliphatic carbocycles. The summed E-state index contributed by atoms with van der Waals surface area (Å²) in [7, 11) is 0. The van der Waals surface area contributed by atoms with Crippen molar-refractivity contribution in [3.05, 3.63) is 11.7 Å². The van der Waals surface area contributed by atoms with Gasteiger partial charge in [-0.15, -0.1) is 0 Å². The highest BCUT2D eigenvalue weighted by Crippen LogP contribution is 2.63. The molecule has 0 aromatic carbocycles. The van der Waals surface area contributed by atoms with Crippen molar-refractivity contribution in [1.29, 1.82) is 0 Å². The Balaban J connectivity index is 3.04. The van der Waals surface area contributed by atoms with E-state index in [9.17, 15) is 26.3 Å². The van der Waals surface area contributed by atoms with Gasteiger partial charge >= 0.3 is 11.8 Å². The van der Waals surface area contributed by atoms with Crippen LogP contribution in [-0.4, -0.2) is 11.8 Å². The number of halogens is 6. The average molecular weight is 162 g/mol. The molecule has 0 aromatic rings. The van der Waals surface area contributed by atoms with Gasteiger partial charge in [-0.1, -0.05) is 0 Å². The minimum absolute atomic E-state index is 2.35. The molecule has 0 nitrogen and oxygen atoms in total. The molecule has 0 amide bonds. The lowest BCUT2D eigenvalue weighted by atomic mass is 10.6. The van der Waals surface area contributed by atoms with Gasteiger partial charge in [0.25, 0.3) is 6.08 Å². The van der Waals surface area contributed by atoms with E-state index in [0.717, 1.165) is 0 Å². The topological polar surface area (TPSA) is 0 Å². The largest absolute Gasteiger partial charge is 0.347 e. The molecule has 0 bridgehead atoms. The van der Waals surface area contributed by atoms with Crippen LogP contribution in [0.1, 0.15) is 0 Å². The highest BCUT2D eigenvalue weighted by molar-refractivity contribution is 5.45. The SMILES string of the molecule is FC(F)=C1C(F)(F)C1(F)F. The molecule has 0 spiro atoms. The Hall–Kier alpha value is -0.680. The lowest BCUT2D eigenvalue weighted by molar-refractivity contribution is -0.0278. The van der Waals surface area contributed by atoms with Crippen molar-refractivity contribution in [3.63, 3.8) is 0 Å². The summed E-state index contributed by atoms with van der Waals surface area (Å²) < 4.78 is 68.4. The first-order chi connectivity index (χ1) is 4.32. The van der Waals surface area contributed by atoms with Crippen LogP contribution in [0.25, 0.3) is 0 Å². The molecule has 58 valence electrons. The molecule has 0 radical (unpaired) electrons. The normalized spacial score (nSPS) is 26.4. The van der Waals surface area contributed by atoms with E-state index in [0.29, 0.717) is 0 Å². The monoisotopic (exact) mass is 162 g/mol. The van der Waals surface area contributed by atoms with Gasteiger partial charge in [-0.25, -0.2) is 0 Å². The standard InChI is InChI=1S/C4F6/c5-2(6)1-3(7,8)4(1,9)10. The van der Waals surface area contributed by atoms with Crippen molar-refractivity contribution in [2.24, 2.45) is 0 Å². The van der Waals surface area contributed by atoms with Crippen molar-refractivity contribution < 1.29 is 26.3 Å². The molecule has 1 rings (SSSR count). The molecule has 1 fully saturated rings. The van der Waals surface area contributed by atoms with Gasteiger partial charge < -0.3 is 0 Å². The first-order valence-corrected chi connectivity index (χ1v) is 2.13. The van der Waals surface area contributed by atoms with E-state index in [1.54, 1.807) is 0 Å². The van der Waals surface area contributed by atoms with Crippen LogP contribution in [0.2, 0.25) is 0 Å². The smallest absolute Gasteiger partial charge is 0.194 e. The second-order valence-electron chi connectivity index (χ2n) is 1.78. The Morgan fingerprint density at radius 1 is 0.900 bits per heavy atom. The quantitative estimate of drug-likeness (QED) is 0.480. The van der Waals surface area contributed by atoms with Crippen molar-refractivity contribution in [2.45, 2.75) is 11.8 Å². The lowest BCUT2D eigenvalue weighted by Crippen LogP contribution is -2.02. The van der Waals surface area contributed by atoms with Crippen LogP contribution in [0.3, 0.4) is 0 Å². The van der Waals surface area contributed by atoms with Gasteiger partial charge in [-0.3, -0.25) is 0 Å². The Labute approximate surface area is 51.1 Å². The molecule has 1 aliphatic rings. The maximum atomic E-state index is 11.5. The van der Waals surface area contributed by atoms with Crippen molar-refractivity contribution in [1.82, 2.24) is 0 Å². The summed E-state index contributed by atoms with van der Waals surface area (Å²) in [5.74, 6) is -9.24. The second-order valence-corrected chi connectivity index (χ2v) is 1.78. The number of hydrogen-bond acceptors (Lipinski definition) is 0. The minimum atomic E-state index is -4.62. The highest BCUT2D eigenvalue weighted by Gasteiger charge is 2.84. The molecule has 10 heavy (non-hydrogen) atoms. The summed E-state index contributed by atoms with van der Waals surface area (Å²) >= 11 is 0. The first-order valence-electron chi connectivity index (χ1n) is 2.13. The summed E-state index contributed by atoms with van der Waals surface area (Å²) in [6.07, 6.45) is -2.99. The number of rotatable bonds is 0. The van der Waals surface area contributed by atoms with Crippen LogP contribution in [0.4, 0.5) is 26.3 Å². The molecule has 0 aliphatic heterocycles. The predicted molar refractivity (Wildman–Crippen MR) is 19.1 cm³/mol. The maximum absolute atomic E-state index is 11.5. The predicted octanol–water partition coefficient (Wildman–Crippen LogP) is 2.42. The van der Waals surface area contributed by atoms with Gasteiger partial charge in [0, 0.05) is 0 Å². The molecule has 0 N–H and O–H groups in total. The van der Waals surface area contributed by atoms with Crippen LogP contribution in [-0.2, 0) is 0 Å². The van der Waals surface area contributed by atoms with E-state index in [4.69, 9.17) is 0 Å². The molecule has 0 heterocycles. The van der Waals surface area contributed by atoms with Crippen molar-refractivity contribution in [2.75, 3.05) is 0 Å². The number of alkyl halides is 4. The molecular weight excluding hydrogens is 162 g/mol. The molecule has 0 aromatic heterocycles. The summed E-state index contributed by atoms with van der Waals surface area (Å²) in [5, 5.41) is 0. The van der Waals surface area contributed by atoms with E-state index in [-0.39, 0.29) is 0 Å². The van der Waals surface area contributed by atoms with Gasteiger partial charge in [0.15, 0.2) is 0 Å². The average Bonchev–Trinajstić information content (AvgIpc) is 1.97.